The summed E-state index contributed by atoms with van der Waals surface area (Å²) in [5.41, 5.74) is 5.23. The number of amides is 1. The van der Waals surface area contributed by atoms with Gasteiger partial charge in [-0.25, -0.2) is 0 Å². The van der Waals surface area contributed by atoms with Crippen molar-refractivity contribution in [2.24, 2.45) is 0 Å². The first kappa shape index (κ1) is 23.6. The molecule has 174 valence electrons. The number of rotatable bonds is 9. The second-order valence-electron chi connectivity index (χ2n) is 7.94. The van der Waals surface area contributed by atoms with Gasteiger partial charge in [0.2, 0.25) is 5.91 Å². The monoisotopic (exact) mass is 472 g/mol. The van der Waals surface area contributed by atoms with Gasteiger partial charge in [-0.2, -0.15) is 0 Å². The largest absolute Gasteiger partial charge is 0.486 e. The Hall–Kier alpha value is -3.58. The lowest BCUT2D eigenvalue weighted by molar-refractivity contribution is -0.113. The maximum Gasteiger partial charge on any atom is 0.234 e. The molecule has 0 unspecified atom stereocenters. The Morgan fingerprint density at radius 2 is 1.74 bits per heavy atom. The van der Waals surface area contributed by atoms with Crippen LogP contribution in [0.5, 0.6) is 5.75 Å². The van der Waals surface area contributed by atoms with E-state index in [9.17, 15) is 4.79 Å². The van der Waals surface area contributed by atoms with Gasteiger partial charge in [0.15, 0.2) is 11.0 Å². The lowest BCUT2D eigenvalue weighted by Gasteiger charge is -2.12. The van der Waals surface area contributed by atoms with E-state index in [1.54, 1.807) is 0 Å². The lowest BCUT2D eigenvalue weighted by atomic mass is 10.1. The molecule has 0 atom stereocenters. The number of carbonyl (C=O) groups excluding carboxylic acids is 1. The summed E-state index contributed by atoms with van der Waals surface area (Å²) in [5, 5.41) is 12.4. The van der Waals surface area contributed by atoms with Crippen LogP contribution in [0, 0.1) is 13.8 Å². The molecular weight excluding hydrogens is 444 g/mol. The van der Waals surface area contributed by atoms with E-state index in [-0.39, 0.29) is 18.3 Å². The van der Waals surface area contributed by atoms with E-state index in [4.69, 9.17) is 4.74 Å². The van der Waals surface area contributed by atoms with Gasteiger partial charge in [-0.3, -0.25) is 9.36 Å². The smallest absolute Gasteiger partial charge is 0.234 e. The van der Waals surface area contributed by atoms with E-state index >= 15 is 0 Å². The zero-order valence-corrected chi connectivity index (χ0v) is 20.4. The molecule has 1 heterocycles. The molecule has 0 saturated carbocycles. The number of para-hydroxylation sites is 1. The predicted octanol–water partition coefficient (Wildman–Crippen LogP) is 5.76. The second kappa shape index (κ2) is 11.0. The first-order chi connectivity index (χ1) is 16.5. The Bertz CT molecular complexity index is 1250. The van der Waals surface area contributed by atoms with Crippen molar-refractivity contribution in [3.63, 3.8) is 0 Å². The quantitative estimate of drug-likeness (QED) is 0.314. The highest BCUT2D eigenvalue weighted by molar-refractivity contribution is 7.99. The minimum absolute atomic E-state index is 0.0864. The number of hydrogen-bond acceptors (Lipinski definition) is 5. The maximum absolute atomic E-state index is 12.7. The predicted molar refractivity (Wildman–Crippen MR) is 137 cm³/mol. The molecule has 7 heteroatoms. The average molecular weight is 473 g/mol. The Labute approximate surface area is 204 Å². The highest BCUT2D eigenvalue weighted by Gasteiger charge is 2.17. The van der Waals surface area contributed by atoms with Gasteiger partial charge in [0.05, 0.1) is 5.75 Å². The summed E-state index contributed by atoms with van der Waals surface area (Å²) >= 11 is 1.35. The first-order valence-corrected chi connectivity index (χ1v) is 12.2. The SMILES string of the molecule is CCc1ccc(-n2c(COc3ccccc3)nnc2SCC(=O)Nc2cccc(C)c2C)cc1. The van der Waals surface area contributed by atoms with Gasteiger partial charge in [-0.1, -0.05) is 61.2 Å². The van der Waals surface area contributed by atoms with Crippen molar-refractivity contribution in [2.75, 3.05) is 11.1 Å². The van der Waals surface area contributed by atoms with Gasteiger partial charge in [-0.05, 0) is 67.3 Å². The summed E-state index contributed by atoms with van der Waals surface area (Å²) < 4.78 is 7.89. The number of anilines is 1. The molecule has 0 aliphatic rings. The van der Waals surface area contributed by atoms with Crippen LogP contribution in [0.4, 0.5) is 5.69 Å². The number of ether oxygens (including phenoxy) is 1. The molecule has 1 N–H and O–H groups in total. The van der Waals surface area contributed by atoms with Gasteiger partial charge in [0, 0.05) is 11.4 Å². The number of aromatic nitrogens is 3. The lowest BCUT2D eigenvalue weighted by Crippen LogP contribution is -2.15. The van der Waals surface area contributed by atoms with Crippen molar-refractivity contribution < 1.29 is 9.53 Å². The van der Waals surface area contributed by atoms with Crippen LogP contribution in [0.25, 0.3) is 5.69 Å². The summed E-state index contributed by atoms with van der Waals surface area (Å²) in [6.45, 7) is 6.43. The molecule has 0 aliphatic heterocycles. The molecule has 1 aromatic heterocycles. The number of nitrogens with zero attached hydrogens (tertiary/aromatic N) is 3. The van der Waals surface area contributed by atoms with Crippen LogP contribution in [0.15, 0.2) is 78.0 Å². The van der Waals surface area contributed by atoms with Crippen LogP contribution in [0.2, 0.25) is 0 Å². The zero-order chi connectivity index (χ0) is 23.9. The minimum Gasteiger partial charge on any atom is -0.486 e. The molecule has 0 radical (unpaired) electrons. The Kier molecular flexibility index (Phi) is 7.65. The number of benzene rings is 3. The first-order valence-electron chi connectivity index (χ1n) is 11.3. The van der Waals surface area contributed by atoms with Crippen LogP contribution in [0.3, 0.4) is 0 Å². The zero-order valence-electron chi connectivity index (χ0n) is 19.6. The van der Waals surface area contributed by atoms with Crippen molar-refractivity contribution in [3.05, 3.63) is 95.3 Å². The van der Waals surface area contributed by atoms with Crippen LogP contribution >= 0.6 is 11.8 Å². The van der Waals surface area contributed by atoms with Crippen molar-refractivity contribution in [2.45, 2.75) is 39.0 Å². The molecule has 4 aromatic rings. The summed E-state index contributed by atoms with van der Waals surface area (Å²) in [5.74, 6) is 1.57. The summed E-state index contributed by atoms with van der Waals surface area (Å²) in [7, 11) is 0. The molecule has 3 aromatic carbocycles. The van der Waals surface area contributed by atoms with Crippen LogP contribution in [0.1, 0.15) is 29.4 Å². The van der Waals surface area contributed by atoms with E-state index in [2.05, 4.69) is 46.7 Å². The second-order valence-corrected chi connectivity index (χ2v) is 8.88. The topological polar surface area (TPSA) is 69.0 Å². The number of carbonyl (C=O) groups is 1. The molecule has 0 aliphatic carbocycles. The third-order valence-corrected chi connectivity index (χ3v) is 6.55. The normalized spacial score (nSPS) is 10.8. The molecule has 1 amide bonds. The van der Waals surface area contributed by atoms with E-state index in [1.807, 2.05) is 66.9 Å². The molecule has 0 spiro atoms. The molecule has 34 heavy (non-hydrogen) atoms. The fourth-order valence-corrected chi connectivity index (χ4v) is 4.27. The molecule has 4 rings (SSSR count). The average Bonchev–Trinajstić information content (AvgIpc) is 3.28. The Balaban J connectivity index is 1.52. The fourth-order valence-electron chi connectivity index (χ4n) is 3.49. The number of thioether (sulfide) groups is 1. The maximum atomic E-state index is 12.7. The van der Waals surface area contributed by atoms with Crippen molar-refractivity contribution in [1.29, 1.82) is 0 Å². The number of hydrogen-bond donors (Lipinski definition) is 1. The molecule has 0 saturated heterocycles. The molecule has 0 bridgehead atoms. The van der Waals surface area contributed by atoms with E-state index in [0.717, 1.165) is 34.7 Å². The van der Waals surface area contributed by atoms with Gasteiger partial charge in [-0.15, -0.1) is 10.2 Å². The highest BCUT2D eigenvalue weighted by Crippen LogP contribution is 2.25. The van der Waals surface area contributed by atoms with E-state index in [1.165, 1.54) is 17.3 Å². The van der Waals surface area contributed by atoms with E-state index in [0.29, 0.717) is 11.0 Å². The van der Waals surface area contributed by atoms with Crippen LogP contribution < -0.4 is 10.1 Å². The number of nitrogens with one attached hydrogen (secondary N) is 1. The van der Waals surface area contributed by atoms with Gasteiger partial charge in [0.25, 0.3) is 0 Å². The standard InChI is InChI=1S/C27H28N4O2S/c1-4-21-13-15-22(16-14-21)31-25(17-33-23-10-6-5-7-11-23)29-30-27(31)34-18-26(32)28-24-12-8-9-19(2)20(24)3/h5-16H,4,17-18H2,1-3H3,(H,28,32). The molecule has 0 fully saturated rings. The molecular formula is C27H28N4O2S. The van der Waals surface area contributed by atoms with Crippen molar-refractivity contribution >= 4 is 23.4 Å². The minimum atomic E-state index is -0.0864. The van der Waals surface area contributed by atoms with E-state index < -0.39 is 0 Å². The highest BCUT2D eigenvalue weighted by atomic mass is 32.2. The van der Waals surface area contributed by atoms with Crippen molar-refractivity contribution in [3.8, 4) is 11.4 Å². The molecule has 6 nitrogen and oxygen atoms in total. The summed E-state index contributed by atoms with van der Waals surface area (Å²) in [4.78, 5) is 12.7. The van der Waals surface area contributed by atoms with Crippen LogP contribution in [-0.4, -0.2) is 26.4 Å². The van der Waals surface area contributed by atoms with Gasteiger partial charge < -0.3 is 10.1 Å². The fraction of sp³-hybridized carbons (Fsp3) is 0.222. The third-order valence-electron chi connectivity index (χ3n) is 5.63. The van der Waals surface area contributed by atoms with Crippen molar-refractivity contribution in [1.82, 2.24) is 14.8 Å². The summed E-state index contributed by atoms with van der Waals surface area (Å²) in [6, 6.07) is 23.8. The van der Waals surface area contributed by atoms with Crippen LogP contribution in [-0.2, 0) is 17.8 Å². The Morgan fingerprint density at radius 3 is 2.47 bits per heavy atom. The number of aryl methyl sites for hydroxylation is 2. The Morgan fingerprint density at radius 1 is 0.971 bits per heavy atom. The third kappa shape index (κ3) is 5.66. The van der Waals surface area contributed by atoms with Gasteiger partial charge in [0.1, 0.15) is 12.4 Å². The van der Waals surface area contributed by atoms with Gasteiger partial charge >= 0.3 is 0 Å². The summed E-state index contributed by atoms with van der Waals surface area (Å²) in [6.07, 6.45) is 0.965.